The van der Waals surface area contributed by atoms with Gasteiger partial charge in [0, 0.05) is 39.3 Å². The maximum absolute atomic E-state index is 6.16. The van der Waals surface area contributed by atoms with Crippen molar-refractivity contribution in [2.24, 2.45) is 0 Å². The molecule has 0 bridgehead atoms. The number of anilines is 2. The predicted molar refractivity (Wildman–Crippen MR) is 122 cm³/mol. The number of aromatic nitrogens is 4. The highest BCUT2D eigenvalue weighted by Crippen LogP contribution is 2.25. The molecule has 1 fully saturated rings. The monoisotopic (exact) mass is 418 g/mol. The van der Waals surface area contributed by atoms with Crippen LogP contribution in [0.3, 0.4) is 0 Å². The molecule has 3 N–H and O–H groups in total. The summed E-state index contributed by atoms with van der Waals surface area (Å²) in [7, 11) is 1.64. The number of hydrogen-bond donors (Lipinski definition) is 2. The van der Waals surface area contributed by atoms with Crippen LogP contribution in [-0.2, 0) is 6.54 Å². The van der Waals surface area contributed by atoms with E-state index in [4.69, 9.17) is 10.5 Å². The first-order valence-electron chi connectivity index (χ1n) is 11.4. The molecule has 30 heavy (non-hydrogen) atoms. The van der Waals surface area contributed by atoms with Gasteiger partial charge in [-0.25, -0.2) is 0 Å². The smallest absolute Gasteiger partial charge is 0.298 e. The third kappa shape index (κ3) is 5.72. The van der Waals surface area contributed by atoms with Crippen molar-refractivity contribution in [1.29, 1.82) is 0 Å². The molecular weight excluding hydrogens is 380 g/mol. The zero-order valence-corrected chi connectivity index (χ0v) is 18.9. The standard InChI is InChI=1S/C21H38N8O/c1-4-6-9-23-20-25-18(22)17-19(26-20)29(21(24-17)30-3)12-8-11-28-15-13-27(14-16-28)10-7-5-2/h4-16H2,1-3H3,(H3,22,23,25,26). The molecule has 1 saturated heterocycles. The van der Waals surface area contributed by atoms with E-state index in [9.17, 15) is 0 Å². The number of nitrogens with two attached hydrogens (primary N) is 1. The number of piperazine rings is 1. The molecule has 0 saturated carbocycles. The molecule has 0 aromatic carbocycles. The lowest BCUT2D eigenvalue weighted by Gasteiger charge is -2.34. The lowest BCUT2D eigenvalue weighted by molar-refractivity contribution is 0.129. The zero-order chi connectivity index (χ0) is 21.3. The van der Waals surface area contributed by atoms with Crippen molar-refractivity contribution in [2.75, 3.05) is 64.0 Å². The molecule has 0 aliphatic carbocycles. The molecule has 9 nitrogen and oxygen atoms in total. The fourth-order valence-corrected chi connectivity index (χ4v) is 3.89. The van der Waals surface area contributed by atoms with Crippen molar-refractivity contribution >= 4 is 22.9 Å². The van der Waals surface area contributed by atoms with Gasteiger partial charge in [-0.15, -0.1) is 0 Å². The maximum Gasteiger partial charge on any atom is 0.298 e. The number of rotatable bonds is 12. The lowest BCUT2D eigenvalue weighted by atomic mass is 10.2. The quantitative estimate of drug-likeness (QED) is 0.507. The molecule has 3 rings (SSSR count). The van der Waals surface area contributed by atoms with E-state index in [2.05, 4.69) is 43.9 Å². The van der Waals surface area contributed by atoms with Crippen molar-refractivity contribution < 1.29 is 4.74 Å². The van der Waals surface area contributed by atoms with Crippen LogP contribution in [0, 0.1) is 0 Å². The fraction of sp³-hybridized carbons (Fsp3) is 0.762. The molecule has 1 aliphatic rings. The third-order valence-electron chi connectivity index (χ3n) is 5.73. The van der Waals surface area contributed by atoms with Crippen molar-refractivity contribution in [2.45, 2.75) is 52.5 Å². The van der Waals surface area contributed by atoms with E-state index in [0.29, 0.717) is 23.3 Å². The van der Waals surface area contributed by atoms with Gasteiger partial charge in [0.15, 0.2) is 17.0 Å². The molecule has 0 spiro atoms. The third-order valence-corrected chi connectivity index (χ3v) is 5.73. The van der Waals surface area contributed by atoms with Crippen molar-refractivity contribution in [1.82, 2.24) is 29.3 Å². The fourth-order valence-electron chi connectivity index (χ4n) is 3.89. The minimum atomic E-state index is 0.388. The molecule has 0 radical (unpaired) electrons. The van der Waals surface area contributed by atoms with Crippen LogP contribution in [-0.4, -0.2) is 82.2 Å². The normalized spacial score (nSPS) is 15.7. The summed E-state index contributed by atoms with van der Waals surface area (Å²) in [5.74, 6) is 0.944. The molecule has 3 heterocycles. The van der Waals surface area contributed by atoms with Crippen LogP contribution in [0.4, 0.5) is 11.8 Å². The summed E-state index contributed by atoms with van der Waals surface area (Å²) in [6.45, 7) is 13.0. The van der Waals surface area contributed by atoms with Crippen LogP contribution in [0.5, 0.6) is 6.01 Å². The van der Waals surface area contributed by atoms with Gasteiger partial charge in [0.05, 0.1) is 7.11 Å². The highest BCUT2D eigenvalue weighted by molar-refractivity contribution is 5.84. The molecule has 0 amide bonds. The topological polar surface area (TPSA) is 97.4 Å². The number of imidazole rings is 1. The largest absolute Gasteiger partial charge is 0.468 e. The Morgan fingerprint density at radius 2 is 1.57 bits per heavy atom. The number of methoxy groups -OCH3 is 1. The zero-order valence-electron chi connectivity index (χ0n) is 18.9. The molecule has 1 aliphatic heterocycles. The van der Waals surface area contributed by atoms with E-state index in [-0.39, 0.29) is 0 Å². The van der Waals surface area contributed by atoms with Gasteiger partial charge >= 0.3 is 0 Å². The van der Waals surface area contributed by atoms with Crippen LogP contribution in [0.25, 0.3) is 11.2 Å². The van der Waals surface area contributed by atoms with E-state index in [1.54, 1.807) is 7.11 Å². The van der Waals surface area contributed by atoms with Gasteiger partial charge in [0.1, 0.15) is 0 Å². The molecule has 2 aromatic rings. The number of aryl methyl sites for hydroxylation is 1. The molecule has 2 aromatic heterocycles. The first-order valence-corrected chi connectivity index (χ1v) is 11.4. The number of fused-ring (bicyclic) bond motifs is 1. The highest BCUT2D eigenvalue weighted by atomic mass is 16.5. The van der Waals surface area contributed by atoms with Crippen LogP contribution in [0.1, 0.15) is 46.0 Å². The van der Waals surface area contributed by atoms with E-state index in [1.807, 2.05) is 4.57 Å². The highest BCUT2D eigenvalue weighted by Gasteiger charge is 2.19. The summed E-state index contributed by atoms with van der Waals surface area (Å²) >= 11 is 0. The summed E-state index contributed by atoms with van der Waals surface area (Å²) in [5, 5.41) is 3.26. The van der Waals surface area contributed by atoms with Crippen LogP contribution in [0.2, 0.25) is 0 Å². The predicted octanol–water partition coefficient (Wildman–Crippen LogP) is 2.44. The van der Waals surface area contributed by atoms with Crippen molar-refractivity contribution in [3.63, 3.8) is 0 Å². The van der Waals surface area contributed by atoms with Gasteiger partial charge in [-0.05, 0) is 32.4 Å². The van der Waals surface area contributed by atoms with Crippen LogP contribution in [0.15, 0.2) is 0 Å². The number of hydrogen-bond acceptors (Lipinski definition) is 8. The Morgan fingerprint density at radius 3 is 2.20 bits per heavy atom. The van der Waals surface area contributed by atoms with E-state index in [0.717, 1.165) is 57.6 Å². The Labute approximate surface area is 180 Å². The second kappa shape index (κ2) is 11.3. The Kier molecular flexibility index (Phi) is 8.50. The van der Waals surface area contributed by atoms with Gasteiger partial charge < -0.3 is 25.6 Å². The minimum Gasteiger partial charge on any atom is -0.468 e. The SMILES string of the molecule is CCCCNc1nc(N)c2nc(OC)n(CCCN3CCN(CCCC)CC3)c2n1. The Hall–Kier alpha value is -2.13. The molecular formula is C21H38N8O. The number of nitrogen functional groups attached to an aromatic ring is 1. The van der Waals surface area contributed by atoms with Gasteiger partial charge in [0.25, 0.3) is 6.01 Å². The Morgan fingerprint density at radius 1 is 0.900 bits per heavy atom. The van der Waals surface area contributed by atoms with E-state index in [1.165, 1.54) is 32.5 Å². The Bertz CT molecular complexity index is 785. The first kappa shape index (κ1) is 22.6. The average molecular weight is 419 g/mol. The average Bonchev–Trinajstić information content (AvgIpc) is 3.12. The summed E-state index contributed by atoms with van der Waals surface area (Å²) < 4.78 is 7.53. The van der Waals surface area contributed by atoms with Crippen LogP contribution >= 0.6 is 0 Å². The summed E-state index contributed by atoms with van der Waals surface area (Å²) in [4.78, 5) is 18.7. The number of nitrogens with one attached hydrogen (secondary N) is 1. The summed E-state index contributed by atoms with van der Waals surface area (Å²) in [5.41, 5.74) is 7.50. The second-order valence-corrected chi connectivity index (χ2v) is 8.03. The summed E-state index contributed by atoms with van der Waals surface area (Å²) in [6, 6.07) is 0.543. The number of unbranched alkanes of at least 4 members (excludes halogenated alkanes) is 2. The number of nitrogens with zero attached hydrogens (tertiary/aromatic N) is 6. The summed E-state index contributed by atoms with van der Waals surface area (Å²) in [6.07, 6.45) is 5.76. The van der Waals surface area contributed by atoms with Gasteiger partial charge in [0.2, 0.25) is 5.95 Å². The minimum absolute atomic E-state index is 0.388. The molecule has 168 valence electrons. The molecule has 0 unspecified atom stereocenters. The molecule has 9 heteroatoms. The first-order chi connectivity index (χ1) is 14.7. The Balaban J connectivity index is 1.60. The second-order valence-electron chi connectivity index (χ2n) is 8.03. The molecule has 0 atom stereocenters. The van der Waals surface area contributed by atoms with Crippen LogP contribution < -0.4 is 15.8 Å². The van der Waals surface area contributed by atoms with Crippen molar-refractivity contribution in [3.05, 3.63) is 0 Å². The van der Waals surface area contributed by atoms with Gasteiger partial charge in [-0.1, -0.05) is 26.7 Å². The van der Waals surface area contributed by atoms with Gasteiger partial charge in [-0.2, -0.15) is 15.0 Å². The van der Waals surface area contributed by atoms with E-state index >= 15 is 0 Å². The lowest BCUT2D eigenvalue weighted by Crippen LogP contribution is -2.46. The van der Waals surface area contributed by atoms with E-state index < -0.39 is 0 Å². The van der Waals surface area contributed by atoms with Gasteiger partial charge in [-0.3, -0.25) is 4.57 Å². The van der Waals surface area contributed by atoms with Crippen molar-refractivity contribution in [3.8, 4) is 6.01 Å². The number of ether oxygens (including phenoxy) is 1. The maximum atomic E-state index is 6.16.